The van der Waals surface area contributed by atoms with E-state index in [1.807, 2.05) is 0 Å². The Hall–Kier alpha value is -1.34. The van der Waals surface area contributed by atoms with Crippen LogP contribution in [-0.4, -0.2) is 36.2 Å². The number of ether oxygens (including phenoxy) is 1. The molecule has 0 aliphatic heterocycles. The molecule has 0 saturated heterocycles. The van der Waals surface area contributed by atoms with Crippen LogP contribution < -0.4 is 16.4 Å². The van der Waals surface area contributed by atoms with E-state index in [1.165, 1.54) is 11.3 Å². The monoisotopic (exact) mass is 310 g/mol. The third-order valence-corrected chi connectivity index (χ3v) is 5.53. The number of anilines is 2. The molecule has 2 aliphatic carbocycles. The summed E-state index contributed by atoms with van der Waals surface area (Å²) in [4.78, 5) is 17.1. The predicted molar refractivity (Wildman–Crippen MR) is 83.6 cm³/mol. The topological polar surface area (TPSA) is 89.3 Å². The predicted octanol–water partition coefficient (Wildman–Crippen LogP) is 1.84. The average molecular weight is 310 g/mol. The molecule has 0 bridgehead atoms. The van der Waals surface area contributed by atoms with Gasteiger partial charge < -0.3 is 21.1 Å². The van der Waals surface area contributed by atoms with Crippen LogP contribution in [0.15, 0.2) is 0 Å². The Balaban J connectivity index is 1.64. The van der Waals surface area contributed by atoms with Crippen molar-refractivity contribution in [2.45, 2.75) is 51.3 Å². The van der Waals surface area contributed by atoms with Crippen LogP contribution >= 0.6 is 11.3 Å². The SMILES string of the molecule is COC1CC(NC(=O)c2sc(NC3CC3)nc2N)C1(C)C. The maximum absolute atomic E-state index is 12.4. The highest BCUT2D eigenvalue weighted by Crippen LogP contribution is 2.42. The number of amides is 1. The Labute approximate surface area is 128 Å². The summed E-state index contributed by atoms with van der Waals surface area (Å²) in [5.74, 6) is 0.169. The molecule has 2 atom stereocenters. The standard InChI is InChI=1S/C14H22N4O2S/c1-14(2)8(6-9(14)20-3)17-12(19)10-11(15)18-13(21-10)16-7-4-5-7/h7-9H,4-6,15H2,1-3H3,(H,16,18)(H,17,19). The van der Waals surface area contributed by atoms with Crippen molar-refractivity contribution in [3.05, 3.63) is 4.88 Å². The molecule has 1 aromatic heterocycles. The van der Waals surface area contributed by atoms with Crippen LogP contribution in [0, 0.1) is 5.41 Å². The Morgan fingerprint density at radius 2 is 2.19 bits per heavy atom. The van der Waals surface area contributed by atoms with Crippen molar-refractivity contribution >= 4 is 28.2 Å². The van der Waals surface area contributed by atoms with Gasteiger partial charge in [0, 0.05) is 24.6 Å². The number of thiazole rings is 1. The number of hydrogen-bond acceptors (Lipinski definition) is 6. The molecule has 1 aromatic rings. The maximum Gasteiger partial charge on any atom is 0.265 e. The van der Waals surface area contributed by atoms with Gasteiger partial charge in [-0.2, -0.15) is 0 Å². The fourth-order valence-corrected chi connectivity index (χ4v) is 3.58. The van der Waals surface area contributed by atoms with Gasteiger partial charge in [-0.15, -0.1) is 0 Å². The number of aromatic nitrogens is 1. The average Bonchev–Trinajstić information content (AvgIpc) is 3.15. The molecule has 2 unspecified atom stereocenters. The van der Waals surface area contributed by atoms with Crippen LogP contribution in [0.1, 0.15) is 42.8 Å². The number of nitrogens with zero attached hydrogens (tertiary/aromatic N) is 1. The fourth-order valence-electron chi connectivity index (χ4n) is 2.71. The third kappa shape index (κ3) is 2.72. The minimum absolute atomic E-state index is 0.0566. The summed E-state index contributed by atoms with van der Waals surface area (Å²) in [6.07, 6.45) is 3.35. The van der Waals surface area contributed by atoms with E-state index in [2.05, 4.69) is 29.5 Å². The lowest BCUT2D eigenvalue weighted by molar-refractivity contribution is -0.0942. The van der Waals surface area contributed by atoms with E-state index < -0.39 is 0 Å². The molecule has 3 rings (SSSR count). The number of nitrogen functional groups attached to an aromatic ring is 1. The highest BCUT2D eigenvalue weighted by atomic mass is 32.1. The Morgan fingerprint density at radius 1 is 1.48 bits per heavy atom. The third-order valence-electron chi connectivity index (χ3n) is 4.53. The smallest absolute Gasteiger partial charge is 0.265 e. The highest BCUT2D eigenvalue weighted by molar-refractivity contribution is 7.18. The van der Waals surface area contributed by atoms with E-state index in [1.54, 1.807) is 7.11 Å². The van der Waals surface area contributed by atoms with E-state index in [-0.39, 0.29) is 23.5 Å². The first-order chi connectivity index (χ1) is 9.91. The minimum atomic E-state index is -0.138. The molecule has 2 aliphatic rings. The molecule has 2 saturated carbocycles. The van der Waals surface area contributed by atoms with Crippen LogP contribution in [0.25, 0.3) is 0 Å². The van der Waals surface area contributed by atoms with Gasteiger partial charge in [0.15, 0.2) is 5.13 Å². The molecule has 4 N–H and O–H groups in total. The van der Waals surface area contributed by atoms with Crippen LogP contribution in [0.5, 0.6) is 0 Å². The molecule has 21 heavy (non-hydrogen) atoms. The second-order valence-corrected chi connectivity index (χ2v) is 7.46. The number of hydrogen-bond donors (Lipinski definition) is 3. The van der Waals surface area contributed by atoms with Crippen LogP contribution in [-0.2, 0) is 4.74 Å². The van der Waals surface area contributed by atoms with Crippen molar-refractivity contribution in [3.63, 3.8) is 0 Å². The van der Waals surface area contributed by atoms with E-state index in [9.17, 15) is 4.79 Å². The first-order valence-electron chi connectivity index (χ1n) is 7.28. The molecule has 2 fully saturated rings. The summed E-state index contributed by atoms with van der Waals surface area (Å²) in [5, 5.41) is 7.07. The van der Waals surface area contributed by atoms with Crippen molar-refractivity contribution in [3.8, 4) is 0 Å². The molecule has 116 valence electrons. The van der Waals surface area contributed by atoms with Crippen LogP contribution in [0.3, 0.4) is 0 Å². The summed E-state index contributed by atoms with van der Waals surface area (Å²) < 4.78 is 5.40. The lowest BCUT2D eigenvalue weighted by Crippen LogP contribution is -2.61. The summed E-state index contributed by atoms with van der Waals surface area (Å²) >= 11 is 1.33. The van der Waals surface area contributed by atoms with Gasteiger partial charge in [-0.1, -0.05) is 25.2 Å². The lowest BCUT2D eigenvalue weighted by Gasteiger charge is -2.51. The number of nitrogens with one attached hydrogen (secondary N) is 2. The van der Waals surface area contributed by atoms with Gasteiger partial charge in [-0.25, -0.2) is 4.98 Å². The molecule has 7 heteroatoms. The maximum atomic E-state index is 12.4. The summed E-state index contributed by atoms with van der Waals surface area (Å²) in [6.45, 7) is 4.21. The molecule has 6 nitrogen and oxygen atoms in total. The van der Waals surface area contributed by atoms with Gasteiger partial charge in [0.1, 0.15) is 10.7 Å². The van der Waals surface area contributed by atoms with Gasteiger partial charge in [-0.05, 0) is 19.3 Å². The van der Waals surface area contributed by atoms with Crippen molar-refractivity contribution in [2.24, 2.45) is 5.41 Å². The number of carbonyl (C=O) groups is 1. The fraction of sp³-hybridized carbons (Fsp3) is 0.714. The Kier molecular flexibility index (Phi) is 3.57. The molecule has 1 amide bonds. The second kappa shape index (κ2) is 5.14. The van der Waals surface area contributed by atoms with Gasteiger partial charge in [0.25, 0.3) is 5.91 Å². The summed E-state index contributed by atoms with van der Waals surface area (Å²) in [5.41, 5.74) is 5.81. The van der Waals surface area contributed by atoms with Crippen molar-refractivity contribution < 1.29 is 9.53 Å². The molecular formula is C14H22N4O2S. The van der Waals surface area contributed by atoms with E-state index >= 15 is 0 Å². The van der Waals surface area contributed by atoms with E-state index in [0.717, 1.165) is 24.4 Å². The number of carbonyl (C=O) groups excluding carboxylic acids is 1. The molecule has 1 heterocycles. The van der Waals surface area contributed by atoms with Crippen molar-refractivity contribution in [1.29, 1.82) is 0 Å². The van der Waals surface area contributed by atoms with Gasteiger partial charge in [0.2, 0.25) is 0 Å². The van der Waals surface area contributed by atoms with Crippen molar-refractivity contribution in [2.75, 3.05) is 18.2 Å². The largest absolute Gasteiger partial charge is 0.382 e. The van der Waals surface area contributed by atoms with E-state index in [0.29, 0.717) is 16.7 Å². The van der Waals surface area contributed by atoms with Gasteiger partial charge >= 0.3 is 0 Å². The van der Waals surface area contributed by atoms with Crippen molar-refractivity contribution in [1.82, 2.24) is 10.3 Å². The van der Waals surface area contributed by atoms with Crippen LogP contribution in [0.4, 0.5) is 10.9 Å². The minimum Gasteiger partial charge on any atom is -0.382 e. The zero-order valence-electron chi connectivity index (χ0n) is 12.6. The Bertz CT molecular complexity index is 553. The highest BCUT2D eigenvalue weighted by Gasteiger charge is 2.49. The molecular weight excluding hydrogens is 288 g/mol. The Morgan fingerprint density at radius 3 is 2.76 bits per heavy atom. The first-order valence-corrected chi connectivity index (χ1v) is 8.10. The van der Waals surface area contributed by atoms with Crippen LogP contribution in [0.2, 0.25) is 0 Å². The summed E-state index contributed by atoms with van der Waals surface area (Å²) in [6, 6.07) is 0.607. The van der Waals surface area contributed by atoms with Gasteiger partial charge in [-0.3, -0.25) is 4.79 Å². The zero-order valence-corrected chi connectivity index (χ0v) is 13.4. The van der Waals surface area contributed by atoms with Gasteiger partial charge in [0.05, 0.1) is 6.10 Å². The number of nitrogens with two attached hydrogens (primary N) is 1. The number of methoxy groups -OCH3 is 1. The lowest BCUT2D eigenvalue weighted by atomic mass is 9.64. The zero-order chi connectivity index (χ0) is 15.2. The first kappa shape index (κ1) is 14.6. The molecule has 0 spiro atoms. The molecule has 0 aromatic carbocycles. The number of rotatable bonds is 5. The van der Waals surface area contributed by atoms with E-state index in [4.69, 9.17) is 10.5 Å². The molecule has 0 radical (unpaired) electrons. The summed E-state index contributed by atoms with van der Waals surface area (Å²) in [7, 11) is 1.71. The quantitative estimate of drug-likeness (QED) is 0.772. The normalized spacial score (nSPS) is 27.0. The second-order valence-electron chi connectivity index (χ2n) is 6.46.